The fraction of sp³-hybridized carbons (Fsp3) is 0.552. The number of hydrogen-bond donors (Lipinski definition) is 5. The highest BCUT2D eigenvalue weighted by atomic mass is 16.5. The number of carbonyl (C=O) groups is 3. The summed E-state index contributed by atoms with van der Waals surface area (Å²) in [5.74, 6) is -3.33. The van der Waals surface area contributed by atoms with Crippen molar-refractivity contribution in [2.75, 3.05) is 57.3 Å². The maximum atomic E-state index is 10.4. The summed E-state index contributed by atoms with van der Waals surface area (Å²) in [4.78, 5) is 46.7. The average molecular weight is 604 g/mol. The summed E-state index contributed by atoms with van der Waals surface area (Å²) < 4.78 is 5.74. The average Bonchev–Trinajstić information content (AvgIpc) is 3.48. The van der Waals surface area contributed by atoms with E-state index in [9.17, 15) is 19.5 Å². The van der Waals surface area contributed by atoms with Crippen LogP contribution in [0.1, 0.15) is 36.9 Å². The highest BCUT2D eigenvalue weighted by Gasteiger charge is 2.40. The molecule has 3 heterocycles. The van der Waals surface area contributed by atoms with Gasteiger partial charge in [-0.05, 0) is 43.5 Å². The topological polar surface area (TPSA) is 197 Å². The van der Waals surface area contributed by atoms with Crippen LogP contribution in [0.2, 0.25) is 0 Å². The number of aliphatic carboxylic acids is 3. The molecule has 0 saturated carbocycles. The molecule has 2 fully saturated rings. The van der Waals surface area contributed by atoms with E-state index in [0.717, 1.165) is 68.8 Å². The van der Waals surface area contributed by atoms with Crippen molar-refractivity contribution in [3.8, 4) is 5.75 Å². The SMILES string of the molecule is Cc1cccc(OCC(O)CN2CCN(Cc3ccnc(N4CCCC4)n3)CC2)c1.O=C(O)CC(O)(CC(=O)O)C(=O)O. The minimum Gasteiger partial charge on any atom is -0.491 e. The Morgan fingerprint density at radius 1 is 0.953 bits per heavy atom. The Morgan fingerprint density at radius 2 is 1.58 bits per heavy atom. The number of piperazine rings is 1. The van der Waals surface area contributed by atoms with Crippen LogP contribution < -0.4 is 9.64 Å². The van der Waals surface area contributed by atoms with E-state index in [1.54, 1.807) is 0 Å². The van der Waals surface area contributed by atoms with E-state index in [0.29, 0.717) is 13.2 Å². The van der Waals surface area contributed by atoms with Gasteiger partial charge in [-0.15, -0.1) is 0 Å². The largest absolute Gasteiger partial charge is 0.491 e. The number of hydrogen-bond acceptors (Lipinski definition) is 11. The maximum Gasteiger partial charge on any atom is 0.336 e. The smallest absolute Gasteiger partial charge is 0.336 e. The molecule has 1 aromatic carbocycles. The summed E-state index contributed by atoms with van der Waals surface area (Å²) in [6.45, 7) is 9.86. The number of anilines is 1. The monoisotopic (exact) mass is 603 g/mol. The van der Waals surface area contributed by atoms with Crippen molar-refractivity contribution >= 4 is 23.9 Å². The lowest BCUT2D eigenvalue weighted by Gasteiger charge is -2.35. The van der Waals surface area contributed by atoms with Crippen LogP contribution in [0.5, 0.6) is 5.75 Å². The number of carboxylic acid groups (broad SMARTS) is 3. The van der Waals surface area contributed by atoms with Crippen LogP contribution in [-0.2, 0) is 20.9 Å². The molecular weight excluding hydrogens is 562 g/mol. The van der Waals surface area contributed by atoms with Gasteiger partial charge >= 0.3 is 17.9 Å². The molecule has 14 nitrogen and oxygen atoms in total. The predicted octanol–water partition coefficient (Wildman–Crippen LogP) is 0.694. The Hall–Kier alpha value is -3.85. The van der Waals surface area contributed by atoms with Gasteiger partial charge in [-0.1, -0.05) is 12.1 Å². The molecule has 0 spiro atoms. The molecule has 1 atom stereocenters. The number of benzene rings is 1. The summed E-state index contributed by atoms with van der Waals surface area (Å²) in [7, 11) is 0. The number of nitrogens with zero attached hydrogens (tertiary/aromatic N) is 5. The second-order valence-corrected chi connectivity index (χ2v) is 10.9. The van der Waals surface area contributed by atoms with E-state index >= 15 is 0 Å². The second kappa shape index (κ2) is 16.1. The highest BCUT2D eigenvalue weighted by molar-refractivity contribution is 5.88. The minimum atomic E-state index is -2.74. The lowest BCUT2D eigenvalue weighted by Crippen LogP contribution is -2.48. The van der Waals surface area contributed by atoms with Gasteiger partial charge in [-0.3, -0.25) is 19.4 Å². The summed E-state index contributed by atoms with van der Waals surface area (Å²) in [5.41, 5.74) is -0.487. The van der Waals surface area contributed by atoms with Gasteiger partial charge < -0.3 is 35.2 Å². The number of aliphatic hydroxyl groups is 2. The van der Waals surface area contributed by atoms with E-state index in [-0.39, 0.29) is 0 Å². The quantitative estimate of drug-likeness (QED) is 0.214. The number of aromatic nitrogens is 2. The summed E-state index contributed by atoms with van der Waals surface area (Å²) in [6, 6.07) is 9.96. The zero-order valence-electron chi connectivity index (χ0n) is 24.3. The van der Waals surface area contributed by atoms with Crippen LogP contribution in [0.4, 0.5) is 5.95 Å². The molecule has 2 aliphatic rings. The molecule has 0 bridgehead atoms. The van der Waals surface area contributed by atoms with Crippen LogP contribution in [0, 0.1) is 6.92 Å². The Labute approximate surface area is 250 Å². The molecule has 0 aliphatic carbocycles. The van der Waals surface area contributed by atoms with E-state index in [4.69, 9.17) is 30.1 Å². The fourth-order valence-electron chi connectivity index (χ4n) is 4.86. The van der Waals surface area contributed by atoms with E-state index in [1.807, 2.05) is 43.5 Å². The Balaban J connectivity index is 0.000000331. The Kier molecular flexibility index (Phi) is 12.6. The molecule has 0 radical (unpaired) electrons. The third-order valence-electron chi connectivity index (χ3n) is 7.13. The third kappa shape index (κ3) is 11.4. The van der Waals surface area contributed by atoms with E-state index in [1.165, 1.54) is 12.8 Å². The summed E-state index contributed by atoms with van der Waals surface area (Å²) in [6.07, 6.45) is 1.58. The van der Waals surface area contributed by atoms with Crippen LogP contribution in [0.3, 0.4) is 0 Å². The Bertz CT molecular complexity index is 1200. The zero-order chi connectivity index (χ0) is 31.4. The number of rotatable bonds is 13. The lowest BCUT2D eigenvalue weighted by molar-refractivity contribution is -0.170. The van der Waals surface area contributed by atoms with Crippen molar-refractivity contribution in [1.82, 2.24) is 19.8 Å². The van der Waals surface area contributed by atoms with Gasteiger partial charge in [0.1, 0.15) is 18.5 Å². The van der Waals surface area contributed by atoms with Gasteiger partial charge in [0.15, 0.2) is 5.60 Å². The third-order valence-corrected chi connectivity index (χ3v) is 7.13. The highest BCUT2D eigenvalue weighted by Crippen LogP contribution is 2.17. The van der Waals surface area contributed by atoms with Crippen LogP contribution in [0.25, 0.3) is 0 Å². The van der Waals surface area contributed by atoms with E-state index in [2.05, 4.69) is 19.7 Å². The second-order valence-electron chi connectivity index (χ2n) is 10.9. The first-order valence-corrected chi connectivity index (χ1v) is 14.2. The molecule has 0 amide bonds. The van der Waals surface area contributed by atoms with Gasteiger partial charge in [0.2, 0.25) is 5.95 Å². The maximum absolute atomic E-state index is 10.4. The lowest BCUT2D eigenvalue weighted by atomic mass is 9.96. The standard InChI is InChI=1S/C23H33N5O2.C6H8O7/c1-19-5-4-6-22(15-19)30-18-21(29)17-27-13-11-26(12-14-27)16-20-7-8-24-23(25-20)28-9-2-3-10-28;7-3(8)1-6(13,5(11)12)2-4(9)10/h4-8,15,21,29H,2-3,9-14,16-18H2,1H3;13H,1-2H2,(H,7,8)(H,9,10)(H,11,12). The molecule has 5 N–H and O–H groups in total. The molecule has 2 aliphatic heterocycles. The fourth-order valence-corrected chi connectivity index (χ4v) is 4.86. The number of carboxylic acids is 3. The number of aryl methyl sites for hydroxylation is 1. The molecule has 14 heteroatoms. The van der Waals surface area contributed by atoms with Crippen LogP contribution in [-0.4, -0.2) is 127 Å². The molecular formula is C29H41N5O9. The van der Waals surface area contributed by atoms with Crippen molar-refractivity contribution in [3.63, 3.8) is 0 Å². The summed E-state index contributed by atoms with van der Waals surface area (Å²) in [5, 5.41) is 44.2. The van der Waals surface area contributed by atoms with E-state index < -0.39 is 42.5 Å². The first-order chi connectivity index (χ1) is 20.4. The molecule has 1 unspecified atom stereocenters. The predicted molar refractivity (Wildman–Crippen MR) is 155 cm³/mol. The Morgan fingerprint density at radius 3 is 2.16 bits per heavy atom. The summed E-state index contributed by atoms with van der Waals surface area (Å²) >= 11 is 0. The van der Waals surface area contributed by atoms with Gasteiger partial charge in [-0.2, -0.15) is 0 Å². The zero-order valence-corrected chi connectivity index (χ0v) is 24.3. The number of aliphatic hydroxyl groups excluding tert-OH is 1. The van der Waals surface area contributed by atoms with Crippen molar-refractivity contribution in [2.24, 2.45) is 0 Å². The first kappa shape index (κ1) is 33.6. The van der Waals surface area contributed by atoms with Gasteiger partial charge in [-0.25, -0.2) is 14.8 Å². The first-order valence-electron chi connectivity index (χ1n) is 14.2. The number of ether oxygens (including phenoxy) is 1. The number of β-amino-alcohol motifs (C(OH)–C–C–N with tert-alkyl or cyclic N) is 1. The normalized spacial score (nSPS) is 16.7. The minimum absolute atomic E-state index is 0.323. The van der Waals surface area contributed by atoms with Crippen molar-refractivity contribution in [1.29, 1.82) is 0 Å². The molecule has 1 aromatic heterocycles. The van der Waals surface area contributed by atoms with Crippen molar-refractivity contribution in [2.45, 2.75) is 50.9 Å². The van der Waals surface area contributed by atoms with Gasteiger partial charge in [0.25, 0.3) is 0 Å². The molecule has 4 rings (SSSR count). The van der Waals surface area contributed by atoms with Crippen molar-refractivity contribution in [3.05, 3.63) is 47.8 Å². The van der Waals surface area contributed by atoms with Gasteiger partial charge in [0, 0.05) is 58.6 Å². The molecule has 2 saturated heterocycles. The molecule has 236 valence electrons. The van der Waals surface area contributed by atoms with Crippen LogP contribution in [0.15, 0.2) is 36.5 Å². The van der Waals surface area contributed by atoms with Gasteiger partial charge in [0.05, 0.1) is 18.5 Å². The van der Waals surface area contributed by atoms with Crippen LogP contribution >= 0.6 is 0 Å². The molecule has 43 heavy (non-hydrogen) atoms. The van der Waals surface area contributed by atoms with Crippen molar-refractivity contribution < 1.29 is 44.7 Å². The molecule has 2 aromatic rings.